The number of nitrogens with one attached hydrogen (secondary N) is 2. The minimum atomic E-state index is -0.339. The molecule has 30 heavy (non-hydrogen) atoms. The molecule has 9 heteroatoms. The van der Waals surface area contributed by atoms with Crippen LogP contribution in [0, 0.1) is 5.82 Å². The topological polar surface area (TPSA) is 87.4 Å². The molecule has 1 atom stereocenters. The number of aromatic nitrogens is 4. The Bertz CT molecular complexity index is 1250. The highest BCUT2D eigenvalue weighted by Gasteiger charge is 2.24. The Morgan fingerprint density at radius 1 is 1.20 bits per heavy atom. The number of anilines is 2. The van der Waals surface area contributed by atoms with Gasteiger partial charge in [-0.2, -0.15) is 9.61 Å². The Kier molecular flexibility index (Phi) is 4.42. The van der Waals surface area contributed by atoms with Gasteiger partial charge in [-0.25, -0.2) is 14.4 Å². The number of pyridine rings is 1. The van der Waals surface area contributed by atoms with Crippen molar-refractivity contribution >= 4 is 34.1 Å². The van der Waals surface area contributed by atoms with Crippen LogP contribution in [0.4, 0.5) is 16.0 Å². The number of benzene rings is 1. The van der Waals surface area contributed by atoms with Crippen LogP contribution in [-0.4, -0.2) is 45.1 Å². The molecular formula is C21H20FN7O. The van der Waals surface area contributed by atoms with E-state index < -0.39 is 0 Å². The van der Waals surface area contributed by atoms with Gasteiger partial charge in [-0.3, -0.25) is 4.79 Å². The predicted octanol–water partition coefficient (Wildman–Crippen LogP) is 2.53. The number of amides is 1. The third kappa shape index (κ3) is 3.28. The van der Waals surface area contributed by atoms with Crippen LogP contribution in [0.15, 0.2) is 48.8 Å². The quantitative estimate of drug-likeness (QED) is 0.543. The molecule has 5 rings (SSSR count). The molecule has 1 aliphatic rings. The summed E-state index contributed by atoms with van der Waals surface area (Å²) in [7, 11) is 0. The van der Waals surface area contributed by atoms with Crippen molar-refractivity contribution in [2.45, 2.75) is 13.0 Å². The van der Waals surface area contributed by atoms with Crippen LogP contribution in [0.3, 0.4) is 0 Å². The van der Waals surface area contributed by atoms with Crippen molar-refractivity contribution < 1.29 is 9.18 Å². The fourth-order valence-corrected chi connectivity index (χ4v) is 3.78. The normalized spacial score (nSPS) is 15.4. The third-order valence-corrected chi connectivity index (χ3v) is 5.25. The molecular weight excluding hydrogens is 385 g/mol. The number of hydrogen-bond donors (Lipinski definition) is 2. The van der Waals surface area contributed by atoms with Crippen molar-refractivity contribution in [3.8, 4) is 0 Å². The monoisotopic (exact) mass is 405 g/mol. The Balaban J connectivity index is 1.58. The lowest BCUT2D eigenvalue weighted by atomic mass is 10.0. The maximum atomic E-state index is 13.8. The zero-order chi connectivity index (χ0) is 20.7. The maximum absolute atomic E-state index is 13.8. The summed E-state index contributed by atoms with van der Waals surface area (Å²) < 4.78 is 15.5. The van der Waals surface area contributed by atoms with Crippen LogP contribution in [0.5, 0.6) is 0 Å². The van der Waals surface area contributed by atoms with Gasteiger partial charge in [0.25, 0.3) is 0 Å². The Morgan fingerprint density at radius 2 is 2.10 bits per heavy atom. The molecule has 0 spiro atoms. The molecule has 0 aliphatic carbocycles. The van der Waals surface area contributed by atoms with E-state index in [-0.39, 0.29) is 24.3 Å². The van der Waals surface area contributed by atoms with Crippen molar-refractivity contribution in [3.63, 3.8) is 0 Å². The van der Waals surface area contributed by atoms with Crippen LogP contribution in [0.2, 0.25) is 0 Å². The standard InChI is InChI=1S/C21H20FN7O/c1-13(26-19-4-6-23-18-5-7-25-29(18)19)16-10-14-2-3-15(22)11-17(14)27-21(16)28-9-8-24-20(30)12-28/h2-7,10-11,13,26H,8-9,12H2,1H3,(H,24,30). The summed E-state index contributed by atoms with van der Waals surface area (Å²) in [5.74, 6) is 1.07. The molecule has 4 aromatic rings. The van der Waals surface area contributed by atoms with Gasteiger partial charge in [0.2, 0.25) is 5.91 Å². The van der Waals surface area contributed by atoms with E-state index in [4.69, 9.17) is 4.98 Å². The number of nitrogens with zero attached hydrogens (tertiary/aromatic N) is 5. The van der Waals surface area contributed by atoms with E-state index in [2.05, 4.69) is 20.7 Å². The van der Waals surface area contributed by atoms with Gasteiger partial charge < -0.3 is 15.5 Å². The van der Waals surface area contributed by atoms with Crippen molar-refractivity contribution in [3.05, 3.63) is 60.2 Å². The second-order valence-electron chi connectivity index (χ2n) is 7.31. The van der Waals surface area contributed by atoms with E-state index in [1.54, 1.807) is 23.0 Å². The summed E-state index contributed by atoms with van der Waals surface area (Å²) in [6.45, 7) is 3.42. The molecule has 8 nitrogen and oxygen atoms in total. The van der Waals surface area contributed by atoms with Crippen molar-refractivity contribution in [1.29, 1.82) is 0 Å². The predicted molar refractivity (Wildman–Crippen MR) is 112 cm³/mol. The Morgan fingerprint density at radius 3 is 2.97 bits per heavy atom. The Hall–Kier alpha value is -3.75. The number of halogens is 1. The molecule has 1 fully saturated rings. The van der Waals surface area contributed by atoms with Crippen LogP contribution < -0.4 is 15.5 Å². The molecule has 1 saturated heterocycles. The highest BCUT2D eigenvalue weighted by Crippen LogP contribution is 2.31. The van der Waals surface area contributed by atoms with E-state index in [9.17, 15) is 9.18 Å². The SMILES string of the molecule is CC(Nc1ccnc2ccnn12)c1cc2ccc(F)cc2nc1N1CCNC(=O)C1. The summed E-state index contributed by atoms with van der Waals surface area (Å²) >= 11 is 0. The highest BCUT2D eigenvalue weighted by molar-refractivity contribution is 5.86. The average Bonchev–Trinajstić information content (AvgIpc) is 3.22. The maximum Gasteiger partial charge on any atom is 0.239 e. The second-order valence-corrected chi connectivity index (χ2v) is 7.31. The molecule has 1 aliphatic heterocycles. The number of carbonyl (C=O) groups excluding carboxylic acids is 1. The molecule has 1 aromatic carbocycles. The van der Waals surface area contributed by atoms with Crippen LogP contribution >= 0.6 is 0 Å². The molecule has 4 heterocycles. The fourth-order valence-electron chi connectivity index (χ4n) is 3.78. The number of carbonyl (C=O) groups is 1. The average molecular weight is 405 g/mol. The number of hydrogen-bond acceptors (Lipinski definition) is 6. The van der Waals surface area contributed by atoms with Gasteiger partial charge in [0.05, 0.1) is 24.3 Å². The molecule has 152 valence electrons. The molecule has 0 bridgehead atoms. The Labute approximate surface area is 171 Å². The molecule has 1 amide bonds. The first-order chi connectivity index (χ1) is 14.6. The number of fused-ring (bicyclic) bond motifs is 2. The van der Waals surface area contributed by atoms with Gasteiger partial charge in [-0.1, -0.05) is 0 Å². The van der Waals surface area contributed by atoms with Crippen LogP contribution in [0.1, 0.15) is 18.5 Å². The second kappa shape index (κ2) is 7.25. The first kappa shape index (κ1) is 18.3. The van der Waals surface area contributed by atoms with Gasteiger partial charge in [-0.05, 0) is 31.2 Å². The summed E-state index contributed by atoms with van der Waals surface area (Å²) in [5.41, 5.74) is 2.22. The summed E-state index contributed by atoms with van der Waals surface area (Å²) in [6.07, 6.45) is 3.42. The first-order valence-electron chi connectivity index (χ1n) is 9.75. The lowest BCUT2D eigenvalue weighted by Gasteiger charge is -2.31. The molecule has 0 saturated carbocycles. The van der Waals surface area contributed by atoms with Gasteiger partial charge in [0, 0.05) is 42.4 Å². The lowest BCUT2D eigenvalue weighted by molar-refractivity contribution is -0.120. The molecule has 0 radical (unpaired) electrons. The van der Waals surface area contributed by atoms with Crippen LogP contribution in [0.25, 0.3) is 16.6 Å². The van der Waals surface area contributed by atoms with E-state index in [1.165, 1.54) is 12.1 Å². The van der Waals surface area contributed by atoms with Crippen molar-refractivity contribution in [2.75, 3.05) is 29.9 Å². The van der Waals surface area contributed by atoms with Crippen molar-refractivity contribution in [1.82, 2.24) is 24.9 Å². The number of rotatable bonds is 4. The fraction of sp³-hybridized carbons (Fsp3) is 0.238. The van der Waals surface area contributed by atoms with Gasteiger partial charge in [0.15, 0.2) is 5.65 Å². The molecule has 2 N–H and O–H groups in total. The molecule has 1 unspecified atom stereocenters. The minimum absolute atomic E-state index is 0.0543. The van der Waals surface area contributed by atoms with E-state index in [1.807, 2.05) is 30.0 Å². The number of piperazine rings is 1. The first-order valence-corrected chi connectivity index (χ1v) is 9.75. The van der Waals surface area contributed by atoms with Crippen LogP contribution in [-0.2, 0) is 4.79 Å². The smallest absolute Gasteiger partial charge is 0.239 e. The highest BCUT2D eigenvalue weighted by atomic mass is 19.1. The van der Waals surface area contributed by atoms with Gasteiger partial charge >= 0.3 is 0 Å². The summed E-state index contributed by atoms with van der Waals surface area (Å²) in [6, 6.07) is 10.1. The largest absolute Gasteiger partial charge is 0.363 e. The van der Waals surface area contributed by atoms with E-state index in [0.717, 1.165) is 22.4 Å². The van der Waals surface area contributed by atoms with Crippen molar-refractivity contribution in [2.24, 2.45) is 0 Å². The van der Waals surface area contributed by atoms with E-state index in [0.29, 0.717) is 24.4 Å². The van der Waals surface area contributed by atoms with Gasteiger partial charge in [-0.15, -0.1) is 0 Å². The third-order valence-electron chi connectivity index (χ3n) is 5.25. The minimum Gasteiger partial charge on any atom is -0.363 e. The zero-order valence-corrected chi connectivity index (χ0v) is 16.3. The summed E-state index contributed by atoms with van der Waals surface area (Å²) in [4.78, 5) is 22.9. The van der Waals surface area contributed by atoms with Gasteiger partial charge in [0.1, 0.15) is 17.5 Å². The summed E-state index contributed by atoms with van der Waals surface area (Å²) in [5, 5.41) is 11.5. The van der Waals surface area contributed by atoms with E-state index >= 15 is 0 Å². The zero-order valence-electron chi connectivity index (χ0n) is 16.3. The molecule has 3 aromatic heterocycles. The lowest BCUT2D eigenvalue weighted by Crippen LogP contribution is -2.48.